The van der Waals surface area contributed by atoms with Crippen molar-refractivity contribution in [2.45, 2.75) is 32.9 Å². The minimum atomic E-state index is -0.213. The number of hydrogen-bond donors (Lipinski definition) is 1. The van der Waals surface area contributed by atoms with E-state index < -0.39 is 0 Å². The van der Waals surface area contributed by atoms with Gasteiger partial charge in [-0.2, -0.15) is 0 Å². The van der Waals surface area contributed by atoms with Gasteiger partial charge in [0, 0.05) is 14.1 Å². The average Bonchev–Trinajstić information content (AvgIpc) is 2.62. The molecule has 0 saturated heterocycles. The van der Waals surface area contributed by atoms with Gasteiger partial charge in [-0.15, -0.1) is 0 Å². The van der Waals surface area contributed by atoms with E-state index in [0.29, 0.717) is 0 Å². The summed E-state index contributed by atoms with van der Waals surface area (Å²) < 4.78 is 5.38. The summed E-state index contributed by atoms with van der Waals surface area (Å²) in [6.07, 6.45) is 1.67. The van der Waals surface area contributed by atoms with E-state index in [2.05, 4.69) is 5.32 Å². The molecule has 0 fully saturated rings. The van der Waals surface area contributed by atoms with Crippen LogP contribution in [0.3, 0.4) is 0 Å². The zero-order chi connectivity index (χ0) is 12.3. The fourth-order valence-electron chi connectivity index (χ4n) is 1.74. The number of carbonyl (C=O) groups is 1. The summed E-state index contributed by atoms with van der Waals surface area (Å²) in [6, 6.07) is 1.75. The fourth-order valence-corrected chi connectivity index (χ4v) is 1.74. The Morgan fingerprint density at radius 1 is 1.44 bits per heavy atom. The van der Waals surface area contributed by atoms with Gasteiger partial charge in [-0.3, -0.25) is 10.1 Å². The fraction of sp³-hybridized carbons (Fsp3) is 0.583. The van der Waals surface area contributed by atoms with Gasteiger partial charge in [-0.05, 0) is 32.4 Å². The highest BCUT2D eigenvalue weighted by Crippen LogP contribution is 2.18. The standard InChI is InChI=1S/C12H20N2O2/c1-8-6-7-16-11(8)9(2)13-10(3)12(15)14(4)5/h6-7,9-10,13H,1-5H3/t9?,10-/m1/s1. The Kier molecular flexibility index (Phi) is 4.12. The number of aryl methyl sites for hydroxylation is 1. The molecule has 1 aromatic heterocycles. The molecule has 4 nitrogen and oxygen atoms in total. The molecule has 0 radical (unpaired) electrons. The Bertz CT molecular complexity index is 358. The van der Waals surface area contributed by atoms with E-state index in [-0.39, 0.29) is 18.0 Å². The third kappa shape index (κ3) is 2.85. The first-order valence-corrected chi connectivity index (χ1v) is 5.44. The molecule has 1 aromatic rings. The van der Waals surface area contributed by atoms with Gasteiger partial charge in [-0.1, -0.05) is 0 Å². The van der Waals surface area contributed by atoms with Gasteiger partial charge in [0.1, 0.15) is 5.76 Å². The Morgan fingerprint density at radius 3 is 2.50 bits per heavy atom. The lowest BCUT2D eigenvalue weighted by atomic mass is 10.1. The molecule has 1 amide bonds. The highest BCUT2D eigenvalue weighted by Gasteiger charge is 2.19. The highest BCUT2D eigenvalue weighted by molar-refractivity contribution is 5.80. The molecule has 0 bridgehead atoms. The topological polar surface area (TPSA) is 45.5 Å². The van der Waals surface area contributed by atoms with Crippen LogP contribution in [-0.4, -0.2) is 30.9 Å². The molecule has 0 aliphatic rings. The molecule has 0 aromatic carbocycles. The molecule has 1 rings (SSSR count). The molecule has 0 aliphatic carbocycles. The van der Waals surface area contributed by atoms with Crippen molar-refractivity contribution >= 4 is 5.91 Å². The van der Waals surface area contributed by atoms with Crippen LogP contribution in [0.15, 0.2) is 16.7 Å². The second-order valence-electron chi connectivity index (χ2n) is 4.31. The van der Waals surface area contributed by atoms with Crippen molar-refractivity contribution in [1.82, 2.24) is 10.2 Å². The normalized spacial score (nSPS) is 14.6. The van der Waals surface area contributed by atoms with Gasteiger partial charge in [-0.25, -0.2) is 0 Å². The van der Waals surface area contributed by atoms with Gasteiger partial charge < -0.3 is 9.32 Å². The molecule has 1 heterocycles. The van der Waals surface area contributed by atoms with Crippen molar-refractivity contribution in [3.63, 3.8) is 0 Å². The van der Waals surface area contributed by atoms with Crippen LogP contribution in [0.1, 0.15) is 31.2 Å². The lowest BCUT2D eigenvalue weighted by Gasteiger charge is -2.21. The number of rotatable bonds is 4. The number of nitrogens with zero attached hydrogens (tertiary/aromatic N) is 1. The number of amides is 1. The number of hydrogen-bond acceptors (Lipinski definition) is 3. The third-order valence-electron chi connectivity index (χ3n) is 2.61. The van der Waals surface area contributed by atoms with Crippen molar-refractivity contribution in [1.29, 1.82) is 0 Å². The number of furan rings is 1. The van der Waals surface area contributed by atoms with E-state index in [1.165, 1.54) is 0 Å². The van der Waals surface area contributed by atoms with E-state index in [9.17, 15) is 4.79 Å². The number of nitrogens with one attached hydrogen (secondary N) is 1. The molecule has 90 valence electrons. The van der Waals surface area contributed by atoms with Crippen LogP contribution >= 0.6 is 0 Å². The minimum Gasteiger partial charge on any atom is -0.467 e. The molecule has 0 aliphatic heterocycles. The van der Waals surface area contributed by atoms with E-state index in [4.69, 9.17) is 4.42 Å². The predicted octanol–water partition coefficient (Wildman–Crippen LogP) is 1.72. The third-order valence-corrected chi connectivity index (χ3v) is 2.61. The van der Waals surface area contributed by atoms with Gasteiger partial charge in [0.15, 0.2) is 0 Å². The van der Waals surface area contributed by atoms with Crippen LogP contribution in [0.25, 0.3) is 0 Å². The summed E-state index contributed by atoms with van der Waals surface area (Å²) in [6.45, 7) is 5.85. The lowest BCUT2D eigenvalue weighted by molar-refractivity contribution is -0.130. The Morgan fingerprint density at radius 2 is 2.06 bits per heavy atom. The van der Waals surface area contributed by atoms with E-state index in [1.54, 1.807) is 25.3 Å². The molecule has 2 atom stereocenters. The first-order valence-electron chi connectivity index (χ1n) is 5.44. The molecular formula is C12H20N2O2. The number of carbonyl (C=O) groups excluding carboxylic acids is 1. The summed E-state index contributed by atoms with van der Waals surface area (Å²) >= 11 is 0. The SMILES string of the molecule is Cc1ccoc1C(C)N[C@H](C)C(=O)N(C)C. The van der Waals surface area contributed by atoms with E-state index >= 15 is 0 Å². The zero-order valence-electron chi connectivity index (χ0n) is 10.6. The van der Waals surface area contributed by atoms with E-state index in [0.717, 1.165) is 11.3 Å². The molecule has 1 unspecified atom stereocenters. The van der Waals surface area contributed by atoms with Crippen LogP contribution in [0.5, 0.6) is 0 Å². The van der Waals surface area contributed by atoms with Crippen LogP contribution < -0.4 is 5.32 Å². The largest absolute Gasteiger partial charge is 0.467 e. The summed E-state index contributed by atoms with van der Waals surface area (Å²) in [7, 11) is 3.51. The molecule has 0 spiro atoms. The van der Waals surface area contributed by atoms with Crippen LogP contribution in [0.4, 0.5) is 0 Å². The van der Waals surface area contributed by atoms with Crippen molar-refractivity contribution in [2.24, 2.45) is 0 Å². The smallest absolute Gasteiger partial charge is 0.238 e. The van der Waals surface area contributed by atoms with Gasteiger partial charge in [0.25, 0.3) is 0 Å². The van der Waals surface area contributed by atoms with Crippen molar-refractivity contribution in [2.75, 3.05) is 14.1 Å². The lowest BCUT2D eigenvalue weighted by Crippen LogP contribution is -2.42. The predicted molar refractivity (Wildman–Crippen MR) is 63.2 cm³/mol. The van der Waals surface area contributed by atoms with Crippen molar-refractivity contribution < 1.29 is 9.21 Å². The maximum atomic E-state index is 11.7. The molecule has 16 heavy (non-hydrogen) atoms. The van der Waals surface area contributed by atoms with Crippen LogP contribution in [-0.2, 0) is 4.79 Å². The number of likely N-dealkylation sites (N-methyl/N-ethyl adjacent to an activating group) is 1. The summed E-state index contributed by atoms with van der Waals surface area (Å²) in [4.78, 5) is 13.2. The quantitative estimate of drug-likeness (QED) is 0.847. The minimum absolute atomic E-state index is 0.0360. The summed E-state index contributed by atoms with van der Waals surface area (Å²) in [5.41, 5.74) is 1.10. The maximum Gasteiger partial charge on any atom is 0.238 e. The van der Waals surface area contributed by atoms with E-state index in [1.807, 2.05) is 26.8 Å². The zero-order valence-corrected chi connectivity index (χ0v) is 10.6. The second kappa shape index (κ2) is 5.16. The summed E-state index contributed by atoms with van der Waals surface area (Å²) in [5, 5.41) is 3.22. The van der Waals surface area contributed by atoms with Crippen molar-refractivity contribution in [3.05, 3.63) is 23.7 Å². The Hall–Kier alpha value is -1.29. The first kappa shape index (κ1) is 12.8. The molecular weight excluding hydrogens is 204 g/mol. The maximum absolute atomic E-state index is 11.7. The van der Waals surface area contributed by atoms with Crippen LogP contribution in [0.2, 0.25) is 0 Å². The Labute approximate surface area is 96.6 Å². The monoisotopic (exact) mass is 224 g/mol. The average molecular weight is 224 g/mol. The van der Waals surface area contributed by atoms with Gasteiger partial charge in [0.05, 0.1) is 18.3 Å². The van der Waals surface area contributed by atoms with Gasteiger partial charge >= 0.3 is 0 Å². The molecule has 0 saturated carbocycles. The van der Waals surface area contributed by atoms with Gasteiger partial charge in [0.2, 0.25) is 5.91 Å². The van der Waals surface area contributed by atoms with Crippen molar-refractivity contribution in [3.8, 4) is 0 Å². The summed E-state index contributed by atoms with van der Waals surface area (Å²) in [5.74, 6) is 0.953. The molecule has 4 heteroatoms. The Balaban J connectivity index is 2.62. The first-order chi connectivity index (χ1) is 7.43. The van der Waals surface area contributed by atoms with Crippen LogP contribution in [0, 0.1) is 6.92 Å². The second-order valence-corrected chi connectivity index (χ2v) is 4.31. The molecule has 1 N–H and O–H groups in total. The highest BCUT2D eigenvalue weighted by atomic mass is 16.3.